The Balaban J connectivity index is 1.54. The molecule has 0 bridgehead atoms. The average Bonchev–Trinajstić information content (AvgIpc) is 2.76. The number of amides is 2. The average molecular weight is 386 g/mol. The molecule has 5 heteroatoms. The van der Waals surface area contributed by atoms with Crippen LogP contribution in [0.4, 0.5) is 11.4 Å². The highest BCUT2D eigenvalue weighted by Gasteiger charge is 2.23. The number of nitrogens with zero attached hydrogens (tertiary/aromatic N) is 1. The molecule has 4 rings (SSSR count). The van der Waals surface area contributed by atoms with Gasteiger partial charge in [-0.1, -0.05) is 60.7 Å². The summed E-state index contributed by atoms with van der Waals surface area (Å²) in [5.74, 6) is 0.390. The Morgan fingerprint density at radius 2 is 1.62 bits per heavy atom. The van der Waals surface area contributed by atoms with Crippen molar-refractivity contribution in [3.8, 4) is 5.75 Å². The maximum absolute atomic E-state index is 12.9. The van der Waals surface area contributed by atoms with Crippen LogP contribution in [0, 0.1) is 0 Å². The Morgan fingerprint density at radius 1 is 1.00 bits per heavy atom. The topological polar surface area (TPSA) is 58.6 Å². The van der Waals surface area contributed by atoms with Crippen LogP contribution < -0.4 is 15.0 Å². The lowest BCUT2D eigenvalue weighted by molar-refractivity contribution is -0.121. The molecule has 0 saturated carbocycles. The summed E-state index contributed by atoms with van der Waals surface area (Å²) < 4.78 is 5.44. The lowest BCUT2D eigenvalue weighted by atomic mass is 9.88. The molecule has 0 spiro atoms. The van der Waals surface area contributed by atoms with Gasteiger partial charge < -0.3 is 15.0 Å². The van der Waals surface area contributed by atoms with Crippen molar-refractivity contribution < 1.29 is 14.3 Å². The zero-order chi connectivity index (χ0) is 20.2. The summed E-state index contributed by atoms with van der Waals surface area (Å²) in [7, 11) is 1.70. The Labute approximate surface area is 169 Å². The van der Waals surface area contributed by atoms with E-state index in [4.69, 9.17) is 4.74 Å². The van der Waals surface area contributed by atoms with E-state index in [9.17, 15) is 9.59 Å². The molecule has 2 amide bonds. The van der Waals surface area contributed by atoms with Crippen molar-refractivity contribution in [2.75, 3.05) is 23.9 Å². The van der Waals surface area contributed by atoms with Gasteiger partial charge in [-0.3, -0.25) is 9.59 Å². The fraction of sp³-hybridized carbons (Fsp3) is 0.167. The molecular formula is C24H22N2O3. The van der Waals surface area contributed by atoms with Gasteiger partial charge in [0.05, 0.1) is 5.69 Å². The third-order valence-corrected chi connectivity index (χ3v) is 5.12. The van der Waals surface area contributed by atoms with Crippen LogP contribution in [0.25, 0.3) is 0 Å². The van der Waals surface area contributed by atoms with Crippen molar-refractivity contribution in [1.82, 2.24) is 0 Å². The van der Waals surface area contributed by atoms with Gasteiger partial charge in [0, 0.05) is 25.1 Å². The maximum atomic E-state index is 12.9. The van der Waals surface area contributed by atoms with E-state index in [-0.39, 0.29) is 24.3 Å². The number of anilines is 2. The lowest BCUT2D eigenvalue weighted by Crippen LogP contribution is -2.35. The Kier molecular flexibility index (Phi) is 5.29. The number of carbonyl (C=O) groups excluding carboxylic acids is 2. The molecule has 146 valence electrons. The Bertz CT molecular complexity index is 979. The van der Waals surface area contributed by atoms with Gasteiger partial charge in [-0.2, -0.15) is 0 Å². The van der Waals surface area contributed by atoms with Crippen molar-refractivity contribution >= 4 is 23.2 Å². The highest BCUT2D eigenvalue weighted by atomic mass is 16.5. The van der Waals surface area contributed by atoms with Crippen molar-refractivity contribution in [3.63, 3.8) is 0 Å². The molecule has 0 unspecified atom stereocenters. The van der Waals surface area contributed by atoms with Gasteiger partial charge in [-0.25, -0.2) is 0 Å². The van der Waals surface area contributed by atoms with E-state index >= 15 is 0 Å². The van der Waals surface area contributed by atoms with E-state index in [0.29, 0.717) is 23.5 Å². The monoisotopic (exact) mass is 386 g/mol. The Hall–Kier alpha value is -3.60. The van der Waals surface area contributed by atoms with Gasteiger partial charge in [0.15, 0.2) is 6.61 Å². The van der Waals surface area contributed by atoms with Crippen LogP contribution in [0.15, 0.2) is 78.9 Å². The van der Waals surface area contributed by atoms with Gasteiger partial charge in [0.2, 0.25) is 5.91 Å². The van der Waals surface area contributed by atoms with Gasteiger partial charge in [-0.15, -0.1) is 0 Å². The van der Waals surface area contributed by atoms with E-state index in [1.807, 2.05) is 60.7 Å². The second-order valence-electron chi connectivity index (χ2n) is 7.05. The van der Waals surface area contributed by atoms with Crippen LogP contribution in [-0.4, -0.2) is 25.5 Å². The second-order valence-corrected chi connectivity index (χ2v) is 7.05. The Morgan fingerprint density at radius 3 is 2.24 bits per heavy atom. The van der Waals surface area contributed by atoms with Crippen molar-refractivity contribution in [2.24, 2.45) is 0 Å². The van der Waals surface area contributed by atoms with Crippen LogP contribution in [0.1, 0.15) is 23.5 Å². The molecule has 1 N–H and O–H groups in total. The first-order valence-corrected chi connectivity index (χ1v) is 9.55. The van der Waals surface area contributed by atoms with Crippen molar-refractivity contribution in [3.05, 3.63) is 90.0 Å². The summed E-state index contributed by atoms with van der Waals surface area (Å²) in [6.45, 7) is 0.0328. The number of nitrogens with one attached hydrogen (secondary N) is 1. The minimum absolute atomic E-state index is 0.0328. The van der Waals surface area contributed by atoms with Crippen LogP contribution in [0.5, 0.6) is 5.75 Å². The fourth-order valence-corrected chi connectivity index (χ4v) is 3.55. The van der Waals surface area contributed by atoms with Crippen LogP contribution in [-0.2, 0) is 9.59 Å². The number of hydrogen-bond acceptors (Lipinski definition) is 3. The summed E-state index contributed by atoms with van der Waals surface area (Å²) in [6.07, 6.45) is 0.316. The lowest BCUT2D eigenvalue weighted by Gasteiger charge is -2.26. The zero-order valence-electron chi connectivity index (χ0n) is 16.2. The number of fused-ring (bicyclic) bond motifs is 1. The van der Waals surface area contributed by atoms with Crippen LogP contribution in [0.2, 0.25) is 0 Å². The summed E-state index contributed by atoms with van der Waals surface area (Å²) >= 11 is 0. The molecule has 1 aliphatic heterocycles. The van der Waals surface area contributed by atoms with Crippen molar-refractivity contribution in [1.29, 1.82) is 0 Å². The third-order valence-electron chi connectivity index (χ3n) is 5.12. The summed E-state index contributed by atoms with van der Waals surface area (Å²) in [5.41, 5.74) is 3.48. The number of hydrogen-bond donors (Lipinski definition) is 1. The van der Waals surface area contributed by atoms with Gasteiger partial charge >= 0.3 is 0 Å². The molecule has 3 aromatic rings. The summed E-state index contributed by atoms with van der Waals surface area (Å²) in [4.78, 5) is 26.3. The van der Waals surface area contributed by atoms with Crippen LogP contribution >= 0.6 is 0 Å². The molecule has 0 saturated heterocycles. The third kappa shape index (κ3) is 4.14. The number of carbonyl (C=O) groups is 2. The van der Waals surface area contributed by atoms with Crippen molar-refractivity contribution in [2.45, 2.75) is 12.3 Å². The van der Waals surface area contributed by atoms with Crippen LogP contribution in [0.3, 0.4) is 0 Å². The standard InChI is InChI=1S/C24H22N2O3/c1-26-21-14-19(12-13-22(21)29-16-24(26)28)25-23(27)15-20(17-8-4-2-5-9-17)18-10-6-3-7-11-18/h2-14,20H,15-16H2,1H3,(H,25,27). The van der Waals surface area contributed by atoms with E-state index in [2.05, 4.69) is 5.32 Å². The highest BCUT2D eigenvalue weighted by Crippen LogP contribution is 2.34. The minimum Gasteiger partial charge on any atom is -0.482 e. The highest BCUT2D eigenvalue weighted by molar-refractivity contribution is 5.99. The number of benzene rings is 3. The quantitative estimate of drug-likeness (QED) is 0.715. The largest absolute Gasteiger partial charge is 0.482 e. The first-order valence-electron chi connectivity index (χ1n) is 9.55. The molecule has 5 nitrogen and oxygen atoms in total. The molecule has 3 aromatic carbocycles. The molecule has 0 aromatic heterocycles. The molecule has 1 aliphatic rings. The van der Waals surface area contributed by atoms with E-state index in [1.54, 1.807) is 30.1 Å². The van der Waals surface area contributed by atoms with E-state index in [1.165, 1.54) is 0 Å². The molecule has 29 heavy (non-hydrogen) atoms. The van der Waals surface area contributed by atoms with Gasteiger partial charge in [0.1, 0.15) is 5.75 Å². The SMILES string of the molecule is CN1C(=O)COc2ccc(NC(=O)CC(c3ccccc3)c3ccccc3)cc21. The van der Waals surface area contributed by atoms with Gasteiger partial charge in [0.25, 0.3) is 5.91 Å². The molecule has 0 fully saturated rings. The second kappa shape index (κ2) is 8.19. The molecular weight excluding hydrogens is 364 g/mol. The predicted molar refractivity (Wildman–Crippen MR) is 113 cm³/mol. The number of ether oxygens (including phenoxy) is 1. The number of likely N-dealkylation sites (N-methyl/N-ethyl adjacent to an activating group) is 1. The number of rotatable bonds is 5. The molecule has 0 atom stereocenters. The summed E-state index contributed by atoms with van der Waals surface area (Å²) in [6, 6.07) is 25.4. The molecule has 0 aliphatic carbocycles. The molecule has 0 radical (unpaired) electrons. The zero-order valence-corrected chi connectivity index (χ0v) is 16.2. The maximum Gasteiger partial charge on any atom is 0.264 e. The smallest absolute Gasteiger partial charge is 0.264 e. The normalized spacial score (nSPS) is 13.0. The van der Waals surface area contributed by atoms with Gasteiger partial charge in [-0.05, 0) is 29.3 Å². The predicted octanol–water partition coefficient (Wildman–Crippen LogP) is 4.20. The van der Waals surface area contributed by atoms with E-state index < -0.39 is 0 Å². The summed E-state index contributed by atoms with van der Waals surface area (Å²) in [5, 5.41) is 2.96. The first kappa shape index (κ1) is 18.7. The first-order chi connectivity index (χ1) is 14.1. The molecule has 1 heterocycles. The minimum atomic E-state index is -0.116. The van der Waals surface area contributed by atoms with E-state index in [0.717, 1.165) is 11.1 Å². The fourth-order valence-electron chi connectivity index (χ4n) is 3.55.